The molecule has 9 nitrogen and oxygen atoms in total. The van der Waals surface area contributed by atoms with E-state index in [2.05, 4.69) is 16.9 Å². The van der Waals surface area contributed by atoms with Crippen molar-refractivity contribution in [2.24, 2.45) is 11.8 Å². The molecule has 0 saturated heterocycles. The van der Waals surface area contributed by atoms with Crippen molar-refractivity contribution in [3.63, 3.8) is 0 Å². The zero-order chi connectivity index (χ0) is 30.5. The number of methoxy groups -OCH3 is 1. The number of phenolic OH excluding ortho intramolecular Hbond substituents is 1. The number of pyridine rings is 1. The van der Waals surface area contributed by atoms with Crippen molar-refractivity contribution in [2.75, 3.05) is 26.1 Å². The summed E-state index contributed by atoms with van der Waals surface area (Å²) >= 11 is 0. The van der Waals surface area contributed by atoms with Crippen LogP contribution in [0.25, 0.3) is 0 Å². The fourth-order valence-electron chi connectivity index (χ4n) is 5.66. The first-order valence-corrected chi connectivity index (χ1v) is 14.8. The predicted octanol–water partition coefficient (Wildman–Crippen LogP) is 4.73. The maximum absolute atomic E-state index is 12.7. The molecule has 42 heavy (non-hydrogen) atoms. The molecule has 2 heterocycles. The molecule has 0 bridgehead atoms. The molecule has 0 aliphatic heterocycles. The van der Waals surface area contributed by atoms with Crippen molar-refractivity contribution in [3.05, 3.63) is 71.2 Å². The molecule has 0 spiro atoms. The quantitative estimate of drug-likeness (QED) is 0.128. The first kappa shape index (κ1) is 32.8. The minimum absolute atomic E-state index is 0.0441. The molecule has 2 aromatic heterocycles. The number of benzene rings is 1. The Kier molecular flexibility index (Phi) is 13.0. The third-order valence-corrected chi connectivity index (χ3v) is 7.84. The molecule has 3 aromatic rings. The van der Waals surface area contributed by atoms with Gasteiger partial charge in [0.2, 0.25) is 0 Å². The third-order valence-electron chi connectivity index (χ3n) is 7.84. The van der Waals surface area contributed by atoms with E-state index in [4.69, 9.17) is 10.5 Å². The molecule has 0 aliphatic rings. The van der Waals surface area contributed by atoms with Crippen molar-refractivity contribution in [1.82, 2.24) is 9.97 Å². The predicted molar refractivity (Wildman–Crippen MR) is 163 cm³/mol. The normalized spacial score (nSPS) is 13.4. The van der Waals surface area contributed by atoms with E-state index < -0.39 is 5.92 Å². The van der Waals surface area contributed by atoms with E-state index in [1.807, 2.05) is 30.5 Å². The summed E-state index contributed by atoms with van der Waals surface area (Å²) < 4.78 is 5.50. The molecule has 0 aliphatic carbocycles. The van der Waals surface area contributed by atoms with Crippen molar-refractivity contribution in [2.45, 2.75) is 70.6 Å². The van der Waals surface area contributed by atoms with Gasteiger partial charge in [-0.15, -0.1) is 0 Å². The highest BCUT2D eigenvalue weighted by molar-refractivity contribution is 5.99. The van der Waals surface area contributed by atoms with Crippen molar-refractivity contribution in [1.29, 1.82) is 0 Å². The Morgan fingerprint density at radius 3 is 2.50 bits per heavy atom. The number of nitrogens with zero attached hydrogens (tertiary/aromatic N) is 1. The standard InChI is InChI=1S/C33H45N3O6/c1-3-6-22(20-37)7-4-9-27(39)19-28(40)11-10-23-15-29(33(41)30(16-23)42-2)32(24-12-14-36-31(34)18-24)25(21-38)17-26-8-5-13-35-26/h5,8,12-16,18,22,25,32,35,37-38,41H,3-4,6-7,9-11,17,19-21H2,1-2H3,(H2,34,36). The van der Waals surface area contributed by atoms with Gasteiger partial charge in [-0.05, 0) is 85.4 Å². The summed E-state index contributed by atoms with van der Waals surface area (Å²) in [7, 11) is 1.47. The van der Waals surface area contributed by atoms with E-state index in [1.165, 1.54) is 7.11 Å². The number of ether oxygens (including phenoxy) is 1. The summed E-state index contributed by atoms with van der Waals surface area (Å²) in [5.74, 6) is -0.245. The molecule has 0 radical (unpaired) electrons. The Labute approximate surface area is 248 Å². The number of aromatic amines is 1. The highest BCUT2D eigenvalue weighted by Gasteiger charge is 2.30. The fraction of sp³-hybridized carbons (Fsp3) is 0.485. The number of nitrogens with one attached hydrogen (secondary N) is 1. The minimum Gasteiger partial charge on any atom is -0.504 e. The van der Waals surface area contributed by atoms with Crippen LogP contribution >= 0.6 is 0 Å². The van der Waals surface area contributed by atoms with Gasteiger partial charge < -0.3 is 30.8 Å². The lowest BCUT2D eigenvalue weighted by Crippen LogP contribution is -2.22. The van der Waals surface area contributed by atoms with Gasteiger partial charge in [0.1, 0.15) is 17.4 Å². The summed E-state index contributed by atoms with van der Waals surface area (Å²) in [4.78, 5) is 32.4. The molecule has 228 valence electrons. The summed E-state index contributed by atoms with van der Waals surface area (Å²) in [6, 6.07) is 10.9. The number of hydrogen-bond acceptors (Lipinski definition) is 8. The van der Waals surface area contributed by atoms with Crippen molar-refractivity contribution in [3.8, 4) is 11.5 Å². The summed E-state index contributed by atoms with van der Waals surface area (Å²) in [5.41, 5.74) is 9.07. The molecular weight excluding hydrogens is 534 g/mol. The molecule has 1 aromatic carbocycles. The second kappa shape index (κ2) is 16.7. The van der Waals surface area contributed by atoms with Crippen LogP contribution in [0.1, 0.15) is 80.2 Å². The lowest BCUT2D eigenvalue weighted by Gasteiger charge is -2.28. The Balaban J connectivity index is 1.79. The Morgan fingerprint density at radius 1 is 1.07 bits per heavy atom. The van der Waals surface area contributed by atoms with Crippen LogP contribution in [0.3, 0.4) is 0 Å². The van der Waals surface area contributed by atoms with Crippen LogP contribution in [-0.2, 0) is 22.4 Å². The number of carbonyl (C=O) groups is 2. The Morgan fingerprint density at radius 2 is 1.86 bits per heavy atom. The van der Waals surface area contributed by atoms with Gasteiger partial charge in [0.15, 0.2) is 11.5 Å². The number of aromatic nitrogens is 2. The lowest BCUT2D eigenvalue weighted by atomic mass is 9.78. The second-order valence-corrected chi connectivity index (χ2v) is 11.1. The molecule has 3 rings (SSSR count). The number of ketones is 2. The second-order valence-electron chi connectivity index (χ2n) is 11.1. The van der Waals surface area contributed by atoms with E-state index in [0.29, 0.717) is 37.1 Å². The molecular formula is C33H45N3O6. The largest absolute Gasteiger partial charge is 0.504 e. The van der Waals surface area contributed by atoms with Gasteiger partial charge in [-0.3, -0.25) is 9.59 Å². The number of aromatic hydroxyl groups is 1. The molecule has 6 N–H and O–H groups in total. The van der Waals surface area contributed by atoms with Gasteiger partial charge >= 0.3 is 0 Å². The minimum atomic E-state index is -0.454. The smallest absolute Gasteiger partial charge is 0.161 e. The molecule has 0 fully saturated rings. The summed E-state index contributed by atoms with van der Waals surface area (Å²) in [6.45, 7) is 2.04. The van der Waals surface area contributed by atoms with Crippen molar-refractivity contribution < 1.29 is 29.6 Å². The number of H-pyrrole nitrogens is 1. The van der Waals surface area contributed by atoms with Crippen LogP contribution in [0, 0.1) is 11.8 Å². The van der Waals surface area contributed by atoms with Crippen LogP contribution in [0.5, 0.6) is 11.5 Å². The zero-order valence-corrected chi connectivity index (χ0v) is 24.7. The number of phenols is 1. The van der Waals surface area contributed by atoms with Gasteiger partial charge in [0.25, 0.3) is 0 Å². The molecule has 0 amide bonds. The number of rotatable bonds is 19. The average molecular weight is 580 g/mol. The zero-order valence-electron chi connectivity index (χ0n) is 24.7. The van der Waals surface area contributed by atoms with E-state index in [1.54, 1.807) is 18.3 Å². The summed E-state index contributed by atoms with van der Waals surface area (Å²) in [6.07, 6.45) is 8.08. The molecule has 3 unspecified atom stereocenters. The molecule has 9 heteroatoms. The SMILES string of the molecule is CCCC(CO)CCCC(=O)CC(=O)CCc1cc(OC)c(O)c(C(c2ccnc(N)c2)C(CO)Cc2ccc[nH]2)c1. The number of Topliss-reactive ketones (excluding diaryl/α,β-unsaturated/α-hetero) is 2. The van der Waals surface area contributed by atoms with Gasteiger partial charge in [-0.2, -0.15) is 0 Å². The van der Waals surface area contributed by atoms with Crippen LogP contribution in [0.15, 0.2) is 48.8 Å². The Bertz CT molecular complexity index is 1280. The van der Waals surface area contributed by atoms with E-state index in [-0.39, 0.29) is 61.0 Å². The number of anilines is 1. The maximum atomic E-state index is 12.7. The number of aliphatic hydroxyl groups excluding tert-OH is 2. The van der Waals surface area contributed by atoms with E-state index in [9.17, 15) is 24.9 Å². The van der Waals surface area contributed by atoms with Crippen LogP contribution in [0.4, 0.5) is 5.82 Å². The number of carbonyl (C=O) groups excluding carboxylic acids is 2. The first-order valence-electron chi connectivity index (χ1n) is 14.8. The number of nitrogen functional groups attached to an aromatic ring is 1. The van der Waals surface area contributed by atoms with E-state index in [0.717, 1.165) is 36.1 Å². The summed E-state index contributed by atoms with van der Waals surface area (Å²) in [5, 5.41) is 31.2. The Hall–Kier alpha value is -3.69. The first-order chi connectivity index (χ1) is 20.3. The number of aryl methyl sites for hydroxylation is 1. The molecule has 3 atom stereocenters. The topological polar surface area (TPSA) is 159 Å². The van der Waals surface area contributed by atoms with E-state index >= 15 is 0 Å². The third kappa shape index (κ3) is 9.42. The van der Waals surface area contributed by atoms with Gasteiger partial charge in [-0.1, -0.05) is 19.4 Å². The van der Waals surface area contributed by atoms with Crippen molar-refractivity contribution >= 4 is 17.4 Å². The highest BCUT2D eigenvalue weighted by Crippen LogP contribution is 2.43. The van der Waals surface area contributed by atoms with Gasteiger partial charge in [0, 0.05) is 55.6 Å². The fourth-order valence-corrected chi connectivity index (χ4v) is 5.66. The van der Waals surface area contributed by atoms with Gasteiger partial charge in [0.05, 0.1) is 13.5 Å². The van der Waals surface area contributed by atoms with Gasteiger partial charge in [-0.25, -0.2) is 4.98 Å². The number of hydrogen-bond donors (Lipinski definition) is 5. The number of aliphatic hydroxyl groups is 2. The maximum Gasteiger partial charge on any atom is 0.161 e. The molecule has 0 saturated carbocycles. The number of nitrogens with two attached hydrogens (primary N) is 1. The lowest BCUT2D eigenvalue weighted by molar-refractivity contribution is -0.127. The highest BCUT2D eigenvalue weighted by atomic mass is 16.5. The van der Waals surface area contributed by atoms with Crippen LogP contribution < -0.4 is 10.5 Å². The van der Waals surface area contributed by atoms with Crippen LogP contribution in [-0.4, -0.2) is 57.2 Å². The van der Waals surface area contributed by atoms with Crippen LogP contribution in [0.2, 0.25) is 0 Å². The monoisotopic (exact) mass is 579 g/mol. The average Bonchev–Trinajstić information content (AvgIpc) is 3.49.